The zero-order valence-corrected chi connectivity index (χ0v) is 21.3. The number of hydrogen-bond acceptors (Lipinski definition) is 2. The molecule has 0 fully saturated rings. The van der Waals surface area contributed by atoms with E-state index in [2.05, 4.69) is 97.1 Å². The number of phenols is 2. The molecule has 0 radical (unpaired) electrons. The van der Waals surface area contributed by atoms with E-state index >= 15 is 0 Å². The molecule has 0 bridgehead atoms. The van der Waals surface area contributed by atoms with Crippen LogP contribution in [0.15, 0.2) is 146 Å². The van der Waals surface area contributed by atoms with Gasteiger partial charge < -0.3 is 10.2 Å². The Morgan fingerprint density at radius 2 is 0.641 bits per heavy atom. The molecule has 186 valence electrons. The highest BCUT2D eigenvalue weighted by molar-refractivity contribution is 5.86. The lowest BCUT2D eigenvalue weighted by Gasteiger charge is -2.34. The first-order valence-electron chi connectivity index (χ1n) is 13.1. The Balaban J connectivity index is 1.43. The molecular weight excluding hydrogens is 476 g/mol. The van der Waals surface area contributed by atoms with Crippen molar-refractivity contribution in [1.82, 2.24) is 0 Å². The fourth-order valence-corrected chi connectivity index (χ4v) is 6.16. The van der Waals surface area contributed by atoms with Crippen molar-refractivity contribution in [3.63, 3.8) is 0 Å². The van der Waals surface area contributed by atoms with Gasteiger partial charge in [-0.2, -0.15) is 0 Å². The predicted molar refractivity (Wildman–Crippen MR) is 158 cm³/mol. The van der Waals surface area contributed by atoms with Crippen LogP contribution in [0.1, 0.15) is 22.3 Å². The molecule has 0 unspecified atom stereocenters. The van der Waals surface area contributed by atoms with Crippen molar-refractivity contribution in [2.45, 2.75) is 5.41 Å². The van der Waals surface area contributed by atoms with E-state index in [0.29, 0.717) is 0 Å². The quantitative estimate of drug-likeness (QED) is 0.252. The molecule has 0 aromatic heterocycles. The van der Waals surface area contributed by atoms with Crippen molar-refractivity contribution < 1.29 is 10.2 Å². The zero-order chi connectivity index (χ0) is 26.4. The van der Waals surface area contributed by atoms with Gasteiger partial charge in [-0.1, -0.05) is 121 Å². The van der Waals surface area contributed by atoms with Crippen LogP contribution in [0.25, 0.3) is 33.4 Å². The van der Waals surface area contributed by atoms with Gasteiger partial charge in [-0.3, -0.25) is 0 Å². The highest BCUT2D eigenvalue weighted by Crippen LogP contribution is 2.56. The average Bonchev–Trinajstić information content (AvgIpc) is 3.29. The maximum atomic E-state index is 9.73. The smallest absolute Gasteiger partial charge is 0.115 e. The molecule has 0 saturated carbocycles. The first-order valence-corrected chi connectivity index (χ1v) is 13.1. The van der Waals surface area contributed by atoms with Crippen LogP contribution in [0.4, 0.5) is 0 Å². The third kappa shape index (κ3) is 3.65. The third-order valence-corrected chi connectivity index (χ3v) is 7.99. The molecule has 2 N–H and O–H groups in total. The molecule has 0 amide bonds. The zero-order valence-electron chi connectivity index (χ0n) is 21.3. The van der Waals surface area contributed by atoms with Crippen LogP contribution >= 0.6 is 0 Å². The monoisotopic (exact) mass is 502 g/mol. The minimum Gasteiger partial charge on any atom is -0.508 e. The lowest BCUT2D eigenvalue weighted by Crippen LogP contribution is -2.28. The Kier molecular flexibility index (Phi) is 5.35. The second-order valence-electron chi connectivity index (χ2n) is 10.1. The number of benzene rings is 6. The highest BCUT2D eigenvalue weighted by Gasteiger charge is 2.45. The van der Waals surface area contributed by atoms with Crippen molar-refractivity contribution in [3.8, 4) is 44.9 Å². The molecule has 6 aromatic rings. The summed E-state index contributed by atoms with van der Waals surface area (Å²) in [7, 11) is 0. The first kappa shape index (κ1) is 23.1. The van der Waals surface area contributed by atoms with Gasteiger partial charge in [-0.15, -0.1) is 0 Å². The molecular formula is C37H26O2. The molecule has 0 saturated heterocycles. The van der Waals surface area contributed by atoms with Crippen LogP contribution in [0.3, 0.4) is 0 Å². The Hall–Kier alpha value is -5.08. The number of hydrogen-bond donors (Lipinski definition) is 2. The van der Waals surface area contributed by atoms with Gasteiger partial charge in [0.25, 0.3) is 0 Å². The van der Waals surface area contributed by atoms with Crippen molar-refractivity contribution in [1.29, 1.82) is 0 Å². The summed E-state index contributed by atoms with van der Waals surface area (Å²) in [6.45, 7) is 0. The molecule has 1 aliphatic rings. The fraction of sp³-hybridized carbons (Fsp3) is 0.0270. The largest absolute Gasteiger partial charge is 0.508 e. The van der Waals surface area contributed by atoms with Crippen molar-refractivity contribution in [3.05, 3.63) is 168 Å². The maximum absolute atomic E-state index is 9.73. The summed E-state index contributed by atoms with van der Waals surface area (Å²) in [6.07, 6.45) is 0. The normalized spacial score (nSPS) is 13.0. The van der Waals surface area contributed by atoms with Crippen LogP contribution in [0.5, 0.6) is 11.5 Å². The van der Waals surface area contributed by atoms with E-state index in [9.17, 15) is 10.2 Å². The van der Waals surface area contributed by atoms with Crippen molar-refractivity contribution in [2.24, 2.45) is 0 Å². The molecule has 2 nitrogen and oxygen atoms in total. The average molecular weight is 503 g/mol. The third-order valence-electron chi connectivity index (χ3n) is 7.99. The van der Waals surface area contributed by atoms with Gasteiger partial charge in [-0.25, -0.2) is 0 Å². The number of phenolic OH excluding ortho intramolecular Hbond substituents is 2. The number of rotatable bonds is 4. The lowest BCUT2D eigenvalue weighted by atomic mass is 9.67. The van der Waals surface area contributed by atoms with Gasteiger partial charge >= 0.3 is 0 Å². The van der Waals surface area contributed by atoms with E-state index in [0.717, 1.165) is 22.3 Å². The fourth-order valence-electron chi connectivity index (χ4n) is 6.16. The van der Waals surface area contributed by atoms with E-state index in [4.69, 9.17) is 0 Å². The number of aromatic hydroxyl groups is 2. The Labute approximate surface area is 228 Å². The molecule has 2 heteroatoms. The molecule has 0 spiro atoms. The molecule has 0 atom stereocenters. The minimum atomic E-state index is -0.464. The van der Waals surface area contributed by atoms with Gasteiger partial charge in [0.2, 0.25) is 0 Å². The van der Waals surface area contributed by atoms with E-state index in [1.54, 1.807) is 24.3 Å². The van der Waals surface area contributed by atoms with Crippen molar-refractivity contribution >= 4 is 0 Å². The van der Waals surface area contributed by atoms with Crippen LogP contribution in [0.2, 0.25) is 0 Å². The Bertz CT molecular complexity index is 1640. The summed E-state index contributed by atoms with van der Waals surface area (Å²) in [5, 5.41) is 19.5. The van der Waals surface area contributed by atoms with Gasteiger partial charge in [0.05, 0.1) is 5.41 Å². The maximum Gasteiger partial charge on any atom is 0.115 e. The lowest BCUT2D eigenvalue weighted by molar-refractivity contribution is 0.475. The molecule has 7 rings (SSSR count). The van der Waals surface area contributed by atoms with Gasteiger partial charge in [0, 0.05) is 0 Å². The minimum absolute atomic E-state index is 0.268. The Morgan fingerprint density at radius 3 is 1.00 bits per heavy atom. The molecule has 0 heterocycles. The summed E-state index contributed by atoms with van der Waals surface area (Å²) >= 11 is 0. The summed E-state index contributed by atoms with van der Waals surface area (Å²) in [5.74, 6) is 0.536. The van der Waals surface area contributed by atoms with Crippen LogP contribution in [-0.4, -0.2) is 10.2 Å². The summed E-state index contributed by atoms with van der Waals surface area (Å²) < 4.78 is 0. The number of fused-ring (bicyclic) bond motifs is 3. The standard InChI is InChI=1S/C37H26O2/c38-31-21-13-27(14-22-31)25-9-17-29(18-10-25)37(30-19-11-26(12-20-30)28-15-23-32(39)24-16-28)35-7-3-1-5-33(35)34-6-2-4-8-36(34)37/h1-24,38-39H. The first-order chi connectivity index (χ1) is 19.1. The van der Waals surface area contributed by atoms with E-state index in [1.807, 2.05) is 24.3 Å². The SMILES string of the molecule is Oc1ccc(-c2ccc(C3(c4ccc(-c5ccc(O)cc5)cc4)c4ccccc4-c4ccccc43)cc2)cc1. The van der Waals surface area contributed by atoms with E-state index in [-0.39, 0.29) is 11.5 Å². The predicted octanol–water partition coefficient (Wildman–Crippen LogP) is 8.79. The van der Waals surface area contributed by atoms with Gasteiger partial charge in [0.1, 0.15) is 11.5 Å². The van der Waals surface area contributed by atoms with Crippen LogP contribution in [-0.2, 0) is 5.41 Å². The summed E-state index contributed by atoms with van der Waals surface area (Å²) in [5.41, 5.74) is 11.4. The van der Waals surface area contributed by atoms with Crippen LogP contribution < -0.4 is 0 Å². The molecule has 6 aromatic carbocycles. The van der Waals surface area contributed by atoms with Gasteiger partial charge in [0.15, 0.2) is 0 Å². The second-order valence-corrected chi connectivity index (χ2v) is 10.1. The summed E-state index contributed by atoms with van der Waals surface area (Å²) in [6, 6.07) is 49.9. The Morgan fingerprint density at radius 1 is 0.333 bits per heavy atom. The summed E-state index contributed by atoms with van der Waals surface area (Å²) in [4.78, 5) is 0. The van der Waals surface area contributed by atoms with E-state index in [1.165, 1.54) is 33.4 Å². The van der Waals surface area contributed by atoms with Gasteiger partial charge in [-0.05, 0) is 79.9 Å². The van der Waals surface area contributed by atoms with Crippen molar-refractivity contribution in [2.75, 3.05) is 0 Å². The second kappa shape index (κ2) is 9.04. The highest BCUT2D eigenvalue weighted by atomic mass is 16.3. The van der Waals surface area contributed by atoms with Crippen LogP contribution in [0, 0.1) is 0 Å². The molecule has 0 aliphatic heterocycles. The van der Waals surface area contributed by atoms with E-state index < -0.39 is 5.41 Å². The topological polar surface area (TPSA) is 40.5 Å². The molecule has 39 heavy (non-hydrogen) atoms. The molecule has 1 aliphatic carbocycles.